The van der Waals surface area contributed by atoms with Crippen LogP contribution >= 0.6 is 0 Å². The van der Waals surface area contributed by atoms with Crippen molar-refractivity contribution in [3.8, 4) is 12.3 Å². The zero-order valence-electron chi connectivity index (χ0n) is 11.9. The molecule has 0 fully saturated rings. The molecule has 1 aliphatic heterocycles. The summed E-state index contributed by atoms with van der Waals surface area (Å²) in [7, 11) is 1.17. The first kappa shape index (κ1) is 15.5. The van der Waals surface area contributed by atoms with Crippen LogP contribution in [0.3, 0.4) is 0 Å². The van der Waals surface area contributed by atoms with Gasteiger partial charge in [-0.15, -0.1) is 6.42 Å². The molecule has 0 saturated carbocycles. The van der Waals surface area contributed by atoms with E-state index in [1.165, 1.54) is 19.3 Å². The number of ether oxygens (including phenoxy) is 1. The van der Waals surface area contributed by atoms with Crippen molar-refractivity contribution < 1.29 is 19.1 Å². The number of imide groups is 1. The van der Waals surface area contributed by atoms with Gasteiger partial charge in [-0.3, -0.25) is 14.5 Å². The highest BCUT2D eigenvalue weighted by molar-refractivity contribution is 6.21. The standard InChI is InChI=1S/C16H14N2O4/c1-3-16(17,15(21)22-2)9-6-10-18-13(19)11-7-4-5-8-12(11)14(18)20/h1,4-9H,10,17H2,2H3/b9-6+. The number of carbonyl (C=O) groups excluding carboxylic acids is 3. The third-order valence-corrected chi connectivity index (χ3v) is 3.31. The number of nitrogens with zero attached hydrogens (tertiary/aromatic N) is 1. The number of amides is 2. The van der Waals surface area contributed by atoms with E-state index in [1.54, 1.807) is 24.3 Å². The number of methoxy groups -OCH3 is 1. The van der Waals surface area contributed by atoms with Crippen molar-refractivity contribution >= 4 is 17.8 Å². The molecule has 0 bridgehead atoms. The molecule has 112 valence electrons. The normalized spacial score (nSPS) is 16.3. The zero-order valence-corrected chi connectivity index (χ0v) is 11.9. The molecule has 1 unspecified atom stereocenters. The molecule has 2 rings (SSSR count). The van der Waals surface area contributed by atoms with Gasteiger partial charge in [0.25, 0.3) is 11.8 Å². The van der Waals surface area contributed by atoms with Gasteiger partial charge >= 0.3 is 5.97 Å². The van der Waals surface area contributed by atoms with Crippen LogP contribution in [-0.4, -0.2) is 41.9 Å². The van der Waals surface area contributed by atoms with E-state index >= 15 is 0 Å². The Morgan fingerprint density at radius 2 is 1.91 bits per heavy atom. The molecule has 1 aromatic rings. The van der Waals surface area contributed by atoms with Gasteiger partial charge in [0, 0.05) is 6.54 Å². The number of hydrogen-bond acceptors (Lipinski definition) is 5. The lowest BCUT2D eigenvalue weighted by Gasteiger charge is -2.16. The zero-order chi connectivity index (χ0) is 16.3. The summed E-state index contributed by atoms with van der Waals surface area (Å²) in [5.41, 5.74) is 4.68. The van der Waals surface area contributed by atoms with Crippen LogP contribution in [0.15, 0.2) is 36.4 Å². The second kappa shape index (κ2) is 5.84. The summed E-state index contributed by atoms with van der Waals surface area (Å²) in [5.74, 6) is 0.531. The van der Waals surface area contributed by atoms with Gasteiger partial charge in [-0.2, -0.15) is 0 Å². The van der Waals surface area contributed by atoms with Gasteiger partial charge in [0.15, 0.2) is 5.54 Å². The Balaban J connectivity index is 2.16. The van der Waals surface area contributed by atoms with Gasteiger partial charge in [0.1, 0.15) is 0 Å². The van der Waals surface area contributed by atoms with Crippen LogP contribution < -0.4 is 5.73 Å². The van der Waals surface area contributed by atoms with Crippen LogP contribution in [0.2, 0.25) is 0 Å². The molecule has 6 nitrogen and oxygen atoms in total. The number of benzene rings is 1. The van der Waals surface area contributed by atoms with Crippen LogP contribution in [0, 0.1) is 12.3 Å². The van der Waals surface area contributed by atoms with Crippen molar-refractivity contribution in [2.45, 2.75) is 5.54 Å². The highest BCUT2D eigenvalue weighted by Gasteiger charge is 2.35. The van der Waals surface area contributed by atoms with E-state index in [9.17, 15) is 14.4 Å². The average molecular weight is 298 g/mol. The molecule has 0 aliphatic carbocycles. The van der Waals surface area contributed by atoms with E-state index in [0.717, 1.165) is 4.90 Å². The van der Waals surface area contributed by atoms with Gasteiger partial charge in [-0.1, -0.05) is 24.1 Å². The molecule has 0 spiro atoms. The molecule has 1 atom stereocenters. The molecule has 22 heavy (non-hydrogen) atoms. The quantitative estimate of drug-likeness (QED) is 0.375. The predicted octanol–water partition coefficient (Wildman–Crippen LogP) is 0.342. The Kier molecular flexibility index (Phi) is 4.11. The van der Waals surface area contributed by atoms with Crippen molar-refractivity contribution in [2.75, 3.05) is 13.7 Å². The molecule has 0 saturated heterocycles. The fourth-order valence-corrected chi connectivity index (χ4v) is 2.09. The Morgan fingerprint density at radius 3 is 2.36 bits per heavy atom. The average Bonchev–Trinajstić information content (AvgIpc) is 2.79. The number of terminal acetylenes is 1. The van der Waals surface area contributed by atoms with Crippen molar-refractivity contribution in [3.63, 3.8) is 0 Å². The third-order valence-electron chi connectivity index (χ3n) is 3.31. The van der Waals surface area contributed by atoms with E-state index in [2.05, 4.69) is 10.7 Å². The highest BCUT2D eigenvalue weighted by Crippen LogP contribution is 2.22. The van der Waals surface area contributed by atoms with E-state index < -0.39 is 23.3 Å². The Morgan fingerprint density at radius 1 is 1.36 bits per heavy atom. The van der Waals surface area contributed by atoms with Gasteiger partial charge in [-0.05, 0) is 18.2 Å². The predicted molar refractivity (Wildman–Crippen MR) is 78.7 cm³/mol. The first-order valence-electron chi connectivity index (χ1n) is 6.42. The summed E-state index contributed by atoms with van der Waals surface area (Å²) in [5, 5.41) is 0. The smallest absolute Gasteiger partial charge is 0.342 e. The lowest BCUT2D eigenvalue weighted by atomic mass is 10.0. The first-order valence-corrected chi connectivity index (χ1v) is 6.42. The summed E-state index contributed by atoms with van der Waals surface area (Å²) in [6, 6.07) is 6.54. The summed E-state index contributed by atoms with van der Waals surface area (Å²) in [6.07, 6.45) is 7.87. The van der Waals surface area contributed by atoms with Crippen molar-refractivity contribution in [3.05, 3.63) is 47.5 Å². The summed E-state index contributed by atoms with van der Waals surface area (Å²) in [4.78, 5) is 36.8. The lowest BCUT2D eigenvalue weighted by Crippen LogP contribution is -2.45. The van der Waals surface area contributed by atoms with Crippen LogP contribution in [0.5, 0.6) is 0 Å². The van der Waals surface area contributed by atoms with Crippen LogP contribution in [0.1, 0.15) is 20.7 Å². The van der Waals surface area contributed by atoms with Gasteiger partial charge < -0.3 is 10.5 Å². The number of carbonyl (C=O) groups is 3. The SMILES string of the molecule is C#CC(N)(/C=C/CN1C(=O)c2ccccc2C1=O)C(=O)OC. The van der Waals surface area contributed by atoms with Crippen molar-refractivity contribution in [2.24, 2.45) is 5.73 Å². The van der Waals surface area contributed by atoms with Crippen molar-refractivity contribution in [1.29, 1.82) is 0 Å². The van der Waals surface area contributed by atoms with Crippen molar-refractivity contribution in [1.82, 2.24) is 4.90 Å². The Labute approximate surface area is 127 Å². The second-order valence-electron chi connectivity index (χ2n) is 4.67. The minimum Gasteiger partial charge on any atom is -0.467 e. The maximum atomic E-state index is 12.1. The van der Waals surface area contributed by atoms with Gasteiger partial charge in [0.05, 0.1) is 18.2 Å². The third kappa shape index (κ3) is 2.50. The molecule has 6 heteroatoms. The molecule has 1 aliphatic rings. The molecular formula is C16H14N2O4. The van der Waals surface area contributed by atoms with Gasteiger partial charge in [-0.25, -0.2) is 4.79 Å². The molecular weight excluding hydrogens is 284 g/mol. The number of fused-ring (bicyclic) bond motifs is 1. The van der Waals surface area contributed by atoms with E-state index in [-0.39, 0.29) is 6.54 Å². The molecule has 1 heterocycles. The van der Waals surface area contributed by atoms with Gasteiger partial charge in [0.2, 0.25) is 0 Å². The maximum absolute atomic E-state index is 12.1. The highest BCUT2D eigenvalue weighted by atomic mass is 16.5. The molecule has 0 aromatic heterocycles. The molecule has 0 radical (unpaired) electrons. The molecule has 2 N–H and O–H groups in total. The minimum atomic E-state index is -1.73. The fraction of sp³-hybridized carbons (Fsp3) is 0.188. The molecule has 2 amide bonds. The van der Waals surface area contributed by atoms with Crippen LogP contribution in [0.4, 0.5) is 0 Å². The Bertz CT molecular complexity index is 682. The topological polar surface area (TPSA) is 89.7 Å². The lowest BCUT2D eigenvalue weighted by molar-refractivity contribution is -0.143. The Hall–Kier alpha value is -2.91. The summed E-state index contributed by atoms with van der Waals surface area (Å²) < 4.78 is 4.52. The van der Waals surface area contributed by atoms with E-state index in [1.807, 2.05) is 0 Å². The van der Waals surface area contributed by atoms with E-state index in [4.69, 9.17) is 12.2 Å². The second-order valence-corrected chi connectivity index (χ2v) is 4.67. The van der Waals surface area contributed by atoms with E-state index in [0.29, 0.717) is 11.1 Å². The maximum Gasteiger partial charge on any atom is 0.342 e. The molecule has 1 aromatic carbocycles. The number of nitrogens with two attached hydrogens (primary N) is 1. The summed E-state index contributed by atoms with van der Waals surface area (Å²) >= 11 is 0. The number of rotatable bonds is 4. The number of esters is 1. The summed E-state index contributed by atoms with van der Waals surface area (Å²) in [6.45, 7) is -0.0377. The number of hydrogen-bond donors (Lipinski definition) is 1. The van der Waals surface area contributed by atoms with Crippen LogP contribution in [-0.2, 0) is 9.53 Å². The monoisotopic (exact) mass is 298 g/mol. The minimum absolute atomic E-state index is 0.0377. The van der Waals surface area contributed by atoms with Crippen LogP contribution in [0.25, 0.3) is 0 Å². The largest absolute Gasteiger partial charge is 0.467 e. The fourth-order valence-electron chi connectivity index (χ4n) is 2.09. The first-order chi connectivity index (χ1) is 10.4.